The molecule has 0 aliphatic rings. The standard InChI is InChI=1S/C14H9ClN4OS2/c1-18(13-16-8-4-2-3-5-9(8)22-13)12(20)10-11(15)17-14-19(10)6-7-21-14/h2-7H,1H3. The van der Waals surface area contributed by atoms with Crippen molar-refractivity contribution in [2.24, 2.45) is 0 Å². The summed E-state index contributed by atoms with van der Waals surface area (Å²) in [5.41, 5.74) is 1.24. The molecular weight excluding hydrogens is 340 g/mol. The number of thiazole rings is 2. The fourth-order valence-corrected chi connectivity index (χ4v) is 4.14. The van der Waals surface area contributed by atoms with Gasteiger partial charge in [0.2, 0.25) is 0 Å². The van der Waals surface area contributed by atoms with Gasteiger partial charge in [0.25, 0.3) is 5.91 Å². The molecule has 0 saturated heterocycles. The SMILES string of the molecule is CN(C(=O)c1c(Cl)nc2sccn12)c1nc2ccccc2s1. The molecule has 0 fully saturated rings. The highest BCUT2D eigenvalue weighted by atomic mass is 35.5. The summed E-state index contributed by atoms with van der Waals surface area (Å²) >= 11 is 9.03. The highest BCUT2D eigenvalue weighted by Crippen LogP contribution is 2.30. The lowest BCUT2D eigenvalue weighted by Crippen LogP contribution is -2.27. The van der Waals surface area contributed by atoms with Crippen LogP contribution in [-0.2, 0) is 0 Å². The van der Waals surface area contributed by atoms with Gasteiger partial charge in [-0.25, -0.2) is 9.97 Å². The van der Waals surface area contributed by atoms with Crippen LogP contribution in [0.3, 0.4) is 0 Å². The second-order valence-corrected chi connectivity index (χ2v) is 6.88. The monoisotopic (exact) mass is 348 g/mol. The van der Waals surface area contributed by atoms with E-state index < -0.39 is 0 Å². The summed E-state index contributed by atoms with van der Waals surface area (Å²) in [4.78, 5) is 23.7. The molecule has 0 saturated carbocycles. The molecular formula is C14H9ClN4OS2. The van der Waals surface area contributed by atoms with E-state index in [-0.39, 0.29) is 11.1 Å². The summed E-state index contributed by atoms with van der Waals surface area (Å²) < 4.78 is 2.75. The number of carbonyl (C=O) groups excluding carboxylic acids is 1. The summed E-state index contributed by atoms with van der Waals surface area (Å²) in [6.45, 7) is 0. The van der Waals surface area contributed by atoms with E-state index in [4.69, 9.17) is 11.6 Å². The van der Waals surface area contributed by atoms with Gasteiger partial charge in [-0.1, -0.05) is 35.1 Å². The number of imidazole rings is 1. The van der Waals surface area contributed by atoms with Crippen LogP contribution in [0.25, 0.3) is 15.2 Å². The average molecular weight is 349 g/mol. The van der Waals surface area contributed by atoms with E-state index in [0.29, 0.717) is 15.8 Å². The van der Waals surface area contributed by atoms with Crippen LogP contribution in [0.4, 0.5) is 5.13 Å². The molecule has 0 bridgehead atoms. The summed E-state index contributed by atoms with van der Waals surface area (Å²) in [6.07, 6.45) is 1.79. The van der Waals surface area contributed by atoms with Gasteiger partial charge in [-0.15, -0.1) is 11.3 Å². The van der Waals surface area contributed by atoms with E-state index >= 15 is 0 Å². The van der Waals surface area contributed by atoms with Gasteiger partial charge in [0, 0.05) is 18.6 Å². The van der Waals surface area contributed by atoms with Gasteiger partial charge in [-0.05, 0) is 12.1 Å². The number of amides is 1. The van der Waals surface area contributed by atoms with Crippen LogP contribution in [0.15, 0.2) is 35.8 Å². The Bertz CT molecular complexity index is 970. The summed E-state index contributed by atoms with van der Waals surface area (Å²) in [5.74, 6) is -0.227. The number of nitrogens with zero attached hydrogens (tertiary/aromatic N) is 4. The molecule has 0 spiro atoms. The number of benzene rings is 1. The number of carbonyl (C=O) groups is 1. The predicted octanol–water partition coefficient (Wildman–Crippen LogP) is 3.94. The number of rotatable bonds is 2. The van der Waals surface area contributed by atoms with Crippen LogP contribution in [0.1, 0.15) is 10.5 Å². The first kappa shape index (κ1) is 13.7. The third kappa shape index (κ3) is 2.01. The minimum Gasteiger partial charge on any atom is -0.286 e. The third-order valence-electron chi connectivity index (χ3n) is 3.30. The Balaban J connectivity index is 1.78. The van der Waals surface area contributed by atoms with Crippen molar-refractivity contribution in [3.05, 3.63) is 46.7 Å². The van der Waals surface area contributed by atoms with Crippen LogP contribution >= 0.6 is 34.3 Å². The van der Waals surface area contributed by atoms with Crippen molar-refractivity contribution >= 4 is 60.5 Å². The Morgan fingerprint density at radius 2 is 2.14 bits per heavy atom. The number of para-hydroxylation sites is 1. The van der Waals surface area contributed by atoms with E-state index in [2.05, 4.69) is 9.97 Å². The van der Waals surface area contributed by atoms with Crippen molar-refractivity contribution < 1.29 is 4.79 Å². The minimum absolute atomic E-state index is 0.213. The van der Waals surface area contributed by atoms with E-state index in [0.717, 1.165) is 10.2 Å². The van der Waals surface area contributed by atoms with Crippen LogP contribution < -0.4 is 4.90 Å². The average Bonchev–Trinajstić information content (AvgIpc) is 3.18. The number of aromatic nitrogens is 3. The minimum atomic E-state index is -0.227. The molecule has 4 aromatic rings. The number of fused-ring (bicyclic) bond motifs is 2. The Kier molecular flexibility index (Phi) is 3.14. The molecule has 0 unspecified atom stereocenters. The highest BCUT2D eigenvalue weighted by molar-refractivity contribution is 7.22. The molecule has 22 heavy (non-hydrogen) atoms. The van der Waals surface area contributed by atoms with Gasteiger partial charge < -0.3 is 0 Å². The van der Waals surface area contributed by atoms with E-state index in [1.54, 1.807) is 17.6 Å². The summed E-state index contributed by atoms with van der Waals surface area (Å²) in [5, 5.41) is 2.71. The Hall–Kier alpha value is -1.96. The number of hydrogen-bond donors (Lipinski definition) is 0. The van der Waals surface area contributed by atoms with Crippen LogP contribution in [0, 0.1) is 0 Å². The van der Waals surface area contributed by atoms with E-state index in [9.17, 15) is 4.79 Å². The third-order valence-corrected chi connectivity index (χ3v) is 5.43. The molecule has 4 rings (SSSR count). The number of halogens is 1. The predicted molar refractivity (Wildman–Crippen MR) is 90.4 cm³/mol. The van der Waals surface area contributed by atoms with Gasteiger partial charge in [0.1, 0.15) is 0 Å². The first-order valence-electron chi connectivity index (χ1n) is 6.40. The van der Waals surface area contributed by atoms with Crippen molar-refractivity contribution in [2.45, 2.75) is 0 Å². The normalized spacial score (nSPS) is 11.4. The maximum absolute atomic E-state index is 12.8. The molecule has 0 aliphatic carbocycles. The second-order valence-electron chi connectivity index (χ2n) is 4.64. The fourth-order valence-electron chi connectivity index (χ4n) is 2.20. The van der Waals surface area contributed by atoms with Gasteiger partial charge in [-0.3, -0.25) is 14.1 Å². The second kappa shape index (κ2) is 5.05. The van der Waals surface area contributed by atoms with Gasteiger partial charge in [0.15, 0.2) is 20.9 Å². The molecule has 5 nitrogen and oxygen atoms in total. The number of hydrogen-bond acceptors (Lipinski definition) is 5. The zero-order chi connectivity index (χ0) is 15.3. The molecule has 0 radical (unpaired) electrons. The lowest BCUT2D eigenvalue weighted by molar-refractivity contribution is 0.0987. The summed E-state index contributed by atoms with van der Waals surface area (Å²) in [6, 6.07) is 7.79. The van der Waals surface area contributed by atoms with Gasteiger partial charge in [-0.2, -0.15) is 0 Å². The smallest absolute Gasteiger partial charge is 0.280 e. The fraction of sp³-hybridized carbons (Fsp3) is 0.0714. The molecule has 0 atom stereocenters. The van der Waals surface area contributed by atoms with Gasteiger partial charge in [0.05, 0.1) is 10.2 Å². The summed E-state index contributed by atoms with van der Waals surface area (Å²) in [7, 11) is 1.70. The molecule has 110 valence electrons. The number of anilines is 1. The largest absolute Gasteiger partial charge is 0.286 e. The van der Waals surface area contributed by atoms with Crippen LogP contribution in [0.2, 0.25) is 5.15 Å². The van der Waals surface area contributed by atoms with Crippen molar-refractivity contribution in [3.63, 3.8) is 0 Å². The zero-order valence-electron chi connectivity index (χ0n) is 11.4. The Morgan fingerprint density at radius 3 is 2.95 bits per heavy atom. The molecule has 1 amide bonds. The zero-order valence-corrected chi connectivity index (χ0v) is 13.7. The molecule has 0 aliphatic heterocycles. The Morgan fingerprint density at radius 1 is 1.32 bits per heavy atom. The van der Waals surface area contributed by atoms with Crippen molar-refractivity contribution in [3.8, 4) is 0 Å². The van der Waals surface area contributed by atoms with E-state index in [1.165, 1.54) is 27.6 Å². The lowest BCUT2D eigenvalue weighted by atomic mass is 10.3. The van der Waals surface area contributed by atoms with Crippen molar-refractivity contribution in [1.29, 1.82) is 0 Å². The first-order valence-corrected chi connectivity index (χ1v) is 8.47. The van der Waals surface area contributed by atoms with Crippen molar-refractivity contribution in [1.82, 2.24) is 14.4 Å². The van der Waals surface area contributed by atoms with Crippen molar-refractivity contribution in [2.75, 3.05) is 11.9 Å². The molecule has 1 aromatic carbocycles. The Labute approximate surface area is 138 Å². The highest BCUT2D eigenvalue weighted by Gasteiger charge is 2.24. The quantitative estimate of drug-likeness (QED) is 0.551. The maximum atomic E-state index is 12.8. The van der Waals surface area contributed by atoms with E-state index in [1.807, 2.05) is 29.6 Å². The first-order chi connectivity index (χ1) is 10.6. The van der Waals surface area contributed by atoms with Crippen LogP contribution in [-0.4, -0.2) is 27.3 Å². The maximum Gasteiger partial charge on any atom is 0.280 e. The topological polar surface area (TPSA) is 50.5 Å². The molecule has 3 aromatic heterocycles. The van der Waals surface area contributed by atoms with Gasteiger partial charge >= 0.3 is 0 Å². The lowest BCUT2D eigenvalue weighted by Gasteiger charge is -2.12. The molecule has 3 heterocycles. The molecule has 8 heteroatoms. The molecule has 0 N–H and O–H groups in total. The van der Waals surface area contributed by atoms with Crippen LogP contribution in [0.5, 0.6) is 0 Å².